The monoisotopic (exact) mass is 386 g/mol. The van der Waals surface area contributed by atoms with Crippen molar-refractivity contribution in [2.75, 3.05) is 0 Å². The summed E-state index contributed by atoms with van der Waals surface area (Å²) < 4.78 is 27.3. The second kappa shape index (κ2) is 7.33. The molecule has 0 saturated heterocycles. The van der Waals surface area contributed by atoms with Gasteiger partial charge in [-0.3, -0.25) is 0 Å². The molecule has 0 unspecified atom stereocenters. The largest absolute Gasteiger partial charge is 0.508 e. The Morgan fingerprint density at radius 3 is 1.64 bits per heavy atom. The summed E-state index contributed by atoms with van der Waals surface area (Å²) in [4.78, 5) is 0.470. The van der Waals surface area contributed by atoms with Crippen LogP contribution in [0, 0.1) is 0 Å². The summed E-state index contributed by atoms with van der Waals surface area (Å²) in [5, 5.41) is 9.83. The summed E-state index contributed by atoms with van der Waals surface area (Å²) in [5.74, 6) is 0.0920. The Morgan fingerprint density at radius 1 is 0.536 bits per heavy atom. The maximum absolute atomic E-state index is 13.6. The lowest BCUT2D eigenvalue weighted by Gasteiger charge is -2.14. The van der Waals surface area contributed by atoms with Gasteiger partial charge in [0.15, 0.2) is 0 Å². The van der Waals surface area contributed by atoms with Crippen molar-refractivity contribution < 1.29 is 13.5 Å². The van der Waals surface area contributed by atoms with Crippen molar-refractivity contribution in [3.05, 3.63) is 103 Å². The van der Waals surface area contributed by atoms with E-state index in [0.29, 0.717) is 16.7 Å². The molecule has 0 aliphatic rings. The second-order valence-corrected chi connectivity index (χ2v) is 8.30. The standard InChI is InChI=1S/C24H18O3S/c25-20-12-8-11-19(17-20)22-14-5-7-16-24(22)28(26,27)23-15-6-4-13-21(23)18-9-2-1-3-10-18/h1-17,25H. The fraction of sp³-hybridized carbons (Fsp3) is 0. The molecule has 0 bridgehead atoms. The zero-order valence-electron chi connectivity index (χ0n) is 15.0. The summed E-state index contributed by atoms with van der Waals surface area (Å²) in [7, 11) is -3.79. The molecule has 0 spiro atoms. The van der Waals surface area contributed by atoms with Gasteiger partial charge in [-0.25, -0.2) is 8.42 Å². The molecule has 0 radical (unpaired) electrons. The van der Waals surface area contributed by atoms with Crippen molar-refractivity contribution in [3.8, 4) is 28.0 Å². The maximum Gasteiger partial charge on any atom is 0.207 e. The Bertz CT molecular complexity index is 1230. The Kier molecular flexibility index (Phi) is 4.72. The Labute approximate surface area is 164 Å². The molecule has 0 aliphatic carbocycles. The van der Waals surface area contributed by atoms with E-state index in [1.807, 2.05) is 42.5 Å². The number of hydrogen-bond acceptors (Lipinski definition) is 3. The van der Waals surface area contributed by atoms with Crippen molar-refractivity contribution in [1.82, 2.24) is 0 Å². The first-order valence-corrected chi connectivity index (χ1v) is 10.3. The predicted molar refractivity (Wildman–Crippen MR) is 111 cm³/mol. The average Bonchev–Trinajstić information content (AvgIpc) is 2.74. The van der Waals surface area contributed by atoms with Crippen LogP contribution in [-0.2, 0) is 9.84 Å². The first-order valence-electron chi connectivity index (χ1n) is 8.85. The molecule has 0 atom stereocenters. The van der Waals surface area contributed by atoms with Crippen LogP contribution in [0.2, 0.25) is 0 Å². The third-order valence-electron chi connectivity index (χ3n) is 4.60. The molecule has 0 heterocycles. The van der Waals surface area contributed by atoms with Gasteiger partial charge < -0.3 is 5.11 Å². The van der Waals surface area contributed by atoms with Gasteiger partial charge in [-0.2, -0.15) is 0 Å². The van der Waals surface area contributed by atoms with Crippen molar-refractivity contribution in [2.24, 2.45) is 0 Å². The lowest BCUT2D eigenvalue weighted by molar-refractivity contribution is 0.475. The minimum atomic E-state index is -3.79. The van der Waals surface area contributed by atoms with Gasteiger partial charge in [0.2, 0.25) is 9.84 Å². The molecule has 0 amide bonds. The van der Waals surface area contributed by atoms with E-state index in [2.05, 4.69) is 0 Å². The number of benzene rings is 4. The normalized spacial score (nSPS) is 11.3. The molecule has 0 aromatic heterocycles. The molecular weight excluding hydrogens is 368 g/mol. The molecule has 0 fully saturated rings. The minimum Gasteiger partial charge on any atom is -0.508 e. The van der Waals surface area contributed by atoms with Crippen molar-refractivity contribution in [3.63, 3.8) is 0 Å². The summed E-state index contributed by atoms with van der Waals surface area (Å²) >= 11 is 0. The highest BCUT2D eigenvalue weighted by atomic mass is 32.2. The van der Waals surface area contributed by atoms with E-state index in [1.54, 1.807) is 60.7 Å². The zero-order valence-corrected chi connectivity index (χ0v) is 15.8. The molecule has 3 nitrogen and oxygen atoms in total. The van der Waals surface area contributed by atoms with Crippen LogP contribution in [0.25, 0.3) is 22.3 Å². The second-order valence-electron chi connectivity index (χ2n) is 6.41. The third-order valence-corrected chi connectivity index (χ3v) is 6.47. The number of sulfone groups is 1. The van der Waals surface area contributed by atoms with Crippen LogP contribution in [0.3, 0.4) is 0 Å². The van der Waals surface area contributed by atoms with Crippen LogP contribution < -0.4 is 0 Å². The number of rotatable bonds is 4. The smallest absolute Gasteiger partial charge is 0.207 e. The minimum absolute atomic E-state index is 0.0920. The van der Waals surface area contributed by atoms with E-state index < -0.39 is 9.84 Å². The highest BCUT2D eigenvalue weighted by molar-refractivity contribution is 7.91. The summed E-state index contributed by atoms with van der Waals surface area (Å²) in [5.41, 5.74) is 2.71. The Morgan fingerprint density at radius 2 is 1.04 bits per heavy atom. The van der Waals surface area contributed by atoms with Crippen LogP contribution >= 0.6 is 0 Å². The van der Waals surface area contributed by atoms with Gasteiger partial charge in [-0.05, 0) is 35.4 Å². The summed E-state index contributed by atoms with van der Waals surface area (Å²) in [6.07, 6.45) is 0. The summed E-state index contributed by atoms with van der Waals surface area (Å²) in [6, 6.07) is 30.0. The molecule has 4 aromatic carbocycles. The average molecular weight is 386 g/mol. The van der Waals surface area contributed by atoms with Crippen LogP contribution in [0.4, 0.5) is 0 Å². The van der Waals surface area contributed by atoms with Gasteiger partial charge in [0, 0.05) is 11.1 Å². The lowest BCUT2D eigenvalue weighted by Crippen LogP contribution is -2.05. The highest BCUT2D eigenvalue weighted by Gasteiger charge is 2.24. The fourth-order valence-corrected chi connectivity index (χ4v) is 4.99. The van der Waals surface area contributed by atoms with Crippen molar-refractivity contribution in [2.45, 2.75) is 9.79 Å². The SMILES string of the molecule is O=S(=O)(c1ccccc1-c1ccccc1)c1ccccc1-c1cccc(O)c1. The molecular formula is C24H18O3S. The fourth-order valence-electron chi connectivity index (χ4n) is 3.29. The number of phenols is 1. The maximum atomic E-state index is 13.6. The van der Waals surface area contributed by atoms with E-state index in [9.17, 15) is 13.5 Å². The first-order chi connectivity index (χ1) is 13.6. The van der Waals surface area contributed by atoms with Gasteiger partial charge in [0.05, 0.1) is 9.79 Å². The molecule has 4 aromatic rings. The van der Waals surface area contributed by atoms with Gasteiger partial charge in [0.25, 0.3) is 0 Å². The Balaban J connectivity index is 1.93. The highest BCUT2D eigenvalue weighted by Crippen LogP contribution is 2.36. The molecule has 1 N–H and O–H groups in total. The summed E-state index contributed by atoms with van der Waals surface area (Å²) in [6.45, 7) is 0. The van der Waals surface area contributed by atoms with E-state index >= 15 is 0 Å². The molecule has 138 valence electrons. The van der Waals surface area contributed by atoms with Crippen LogP contribution in [0.1, 0.15) is 0 Å². The van der Waals surface area contributed by atoms with Crippen LogP contribution in [-0.4, -0.2) is 13.5 Å². The van der Waals surface area contributed by atoms with E-state index in [-0.39, 0.29) is 15.5 Å². The molecule has 0 saturated carbocycles. The van der Waals surface area contributed by atoms with Crippen molar-refractivity contribution in [1.29, 1.82) is 0 Å². The molecule has 4 rings (SSSR count). The molecule has 0 aliphatic heterocycles. The Hall–Kier alpha value is -3.37. The number of aromatic hydroxyl groups is 1. The number of phenolic OH excluding ortho intramolecular Hbond substituents is 1. The van der Waals surface area contributed by atoms with E-state index in [0.717, 1.165) is 5.56 Å². The lowest BCUT2D eigenvalue weighted by atomic mass is 10.1. The topological polar surface area (TPSA) is 54.4 Å². The van der Waals surface area contributed by atoms with E-state index in [1.165, 1.54) is 0 Å². The third kappa shape index (κ3) is 3.30. The predicted octanol–water partition coefficient (Wildman–Crippen LogP) is 5.56. The van der Waals surface area contributed by atoms with E-state index in [4.69, 9.17) is 0 Å². The van der Waals surface area contributed by atoms with Gasteiger partial charge in [-0.15, -0.1) is 0 Å². The quantitative estimate of drug-likeness (QED) is 0.500. The molecule has 4 heteroatoms. The van der Waals surface area contributed by atoms with Gasteiger partial charge >= 0.3 is 0 Å². The number of hydrogen-bond donors (Lipinski definition) is 1. The van der Waals surface area contributed by atoms with Crippen molar-refractivity contribution >= 4 is 9.84 Å². The van der Waals surface area contributed by atoms with Crippen LogP contribution in [0.5, 0.6) is 5.75 Å². The first kappa shape index (κ1) is 18.0. The van der Waals surface area contributed by atoms with Gasteiger partial charge in [0.1, 0.15) is 5.75 Å². The van der Waals surface area contributed by atoms with Crippen LogP contribution in [0.15, 0.2) is 113 Å². The molecule has 28 heavy (non-hydrogen) atoms. The zero-order chi connectivity index (χ0) is 19.6. The van der Waals surface area contributed by atoms with Gasteiger partial charge in [-0.1, -0.05) is 78.9 Å².